The van der Waals surface area contributed by atoms with Gasteiger partial charge in [0, 0.05) is 16.4 Å². The Hall–Kier alpha value is -0.190. The lowest BCUT2D eigenvalue weighted by Gasteiger charge is -2.01. The molecule has 1 aromatic rings. The summed E-state index contributed by atoms with van der Waals surface area (Å²) in [7, 11) is 5.42. The number of methoxy groups -OCH3 is 1. The topological polar surface area (TPSA) is 9.23 Å². The van der Waals surface area contributed by atoms with Crippen LogP contribution >= 0.6 is 33.3 Å². The molecule has 1 rings (SSSR count). The predicted octanol–water partition coefficient (Wildman–Crippen LogP) is 5.09. The van der Waals surface area contributed by atoms with Crippen LogP contribution in [0.25, 0.3) is 0 Å². The smallest absolute Gasteiger partial charge is 0.118 e. The van der Waals surface area contributed by atoms with Gasteiger partial charge in [0.25, 0.3) is 0 Å². The quantitative estimate of drug-likeness (QED) is 0.373. The lowest BCUT2D eigenvalue weighted by Crippen LogP contribution is -1.81. The highest BCUT2D eigenvalue weighted by molar-refractivity contribution is 8.77. The van der Waals surface area contributed by atoms with Gasteiger partial charge in [-0.1, -0.05) is 34.6 Å². The van der Waals surface area contributed by atoms with Gasteiger partial charge in [0.1, 0.15) is 5.75 Å². The van der Waals surface area contributed by atoms with Crippen molar-refractivity contribution >= 4 is 33.3 Å². The van der Waals surface area contributed by atoms with Crippen LogP contribution in [-0.2, 0) is 0 Å². The Balaban J connectivity index is 2.17. The Morgan fingerprint density at radius 3 is 2.65 bits per heavy atom. The fourth-order valence-electron chi connectivity index (χ4n) is 1.07. The average molecular weight is 286 g/mol. The van der Waals surface area contributed by atoms with E-state index in [2.05, 4.69) is 30.5 Å². The van der Waals surface area contributed by atoms with E-state index in [0.717, 1.165) is 11.5 Å². The van der Waals surface area contributed by atoms with Crippen molar-refractivity contribution in [2.75, 3.05) is 18.6 Å². The zero-order valence-corrected chi connectivity index (χ0v) is 12.7. The Morgan fingerprint density at radius 1 is 1.24 bits per heavy atom. The van der Waals surface area contributed by atoms with Crippen molar-refractivity contribution in [2.45, 2.75) is 18.2 Å². The molecule has 1 aromatic carbocycles. The molecule has 0 unspecified atom stereocenters. The van der Waals surface area contributed by atoms with Crippen molar-refractivity contribution < 1.29 is 4.74 Å². The van der Waals surface area contributed by atoms with Crippen LogP contribution in [0, 0.1) is 0 Å². The highest BCUT2D eigenvalue weighted by Crippen LogP contribution is 2.25. The minimum Gasteiger partial charge on any atom is -0.497 e. The van der Waals surface area contributed by atoms with Gasteiger partial charge in [0.2, 0.25) is 0 Å². The molecular formula is C13H18OS3. The summed E-state index contributed by atoms with van der Waals surface area (Å²) in [5.74, 6) is 3.16. The molecule has 0 aliphatic heterocycles. The number of hydrogen-bond acceptors (Lipinski definition) is 4. The SMILES string of the molecule is CCCSS/C=C\CSc1ccc(OC)cc1. The maximum atomic E-state index is 5.12. The van der Waals surface area contributed by atoms with Gasteiger partial charge in [0.15, 0.2) is 0 Å². The molecule has 0 saturated carbocycles. The summed E-state index contributed by atoms with van der Waals surface area (Å²) >= 11 is 1.84. The van der Waals surface area contributed by atoms with E-state index in [-0.39, 0.29) is 0 Å². The van der Waals surface area contributed by atoms with Crippen LogP contribution in [0.1, 0.15) is 13.3 Å². The zero-order valence-electron chi connectivity index (χ0n) is 10.2. The van der Waals surface area contributed by atoms with Crippen LogP contribution in [0.5, 0.6) is 5.75 Å². The first-order valence-electron chi connectivity index (χ1n) is 5.57. The average Bonchev–Trinajstić information content (AvgIpc) is 2.38. The molecular weight excluding hydrogens is 268 g/mol. The maximum absolute atomic E-state index is 5.12. The second-order valence-corrected chi connectivity index (χ2v) is 6.76. The third-order valence-electron chi connectivity index (χ3n) is 1.91. The summed E-state index contributed by atoms with van der Waals surface area (Å²) in [5.41, 5.74) is 0. The van der Waals surface area contributed by atoms with Gasteiger partial charge in [-0.25, -0.2) is 0 Å². The second kappa shape index (κ2) is 9.80. The lowest BCUT2D eigenvalue weighted by atomic mass is 10.3. The second-order valence-electron chi connectivity index (χ2n) is 3.28. The van der Waals surface area contributed by atoms with Gasteiger partial charge in [-0.15, -0.1) is 11.8 Å². The fraction of sp³-hybridized carbons (Fsp3) is 0.385. The molecule has 0 N–H and O–H groups in total. The number of ether oxygens (including phenoxy) is 1. The Kier molecular flexibility index (Phi) is 8.57. The first-order valence-corrected chi connectivity index (χ1v) is 8.93. The molecule has 0 bridgehead atoms. The summed E-state index contributed by atoms with van der Waals surface area (Å²) < 4.78 is 5.12. The highest BCUT2D eigenvalue weighted by atomic mass is 33.1. The van der Waals surface area contributed by atoms with Crippen molar-refractivity contribution in [2.24, 2.45) is 0 Å². The fourth-order valence-corrected chi connectivity index (χ4v) is 3.68. The van der Waals surface area contributed by atoms with Gasteiger partial charge in [-0.05, 0) is 36.1 Å². The molecule has 0 radical (unpaired) electrons. The Labute approximate surface area is 116 Å². The van der Waals surface area contributed by atoms with Crippen LogP contribution < -0.4 is 4.74 Å². The first-order chi connectivity index (χ1) is 8.36. The minimum atomic E-state index is 0.913. The van der Waals surface area contributed by atoms with Crippen molar-refractivity contribution in [3.8, 4) is 5.75 Å². The zero-order chi connectivity index (χ0) is 12.3. The Morgan fingerprint density at radius 2 is 2.00 bits per heavy atom. The van der Waals surface area contributed by atoms with Crippen LogP contribution in [-0.4, -0.2) is 18.6 Å². The van der Waals surface area contributed by atoms with Crippen LogP contribution in [0.15, 0.2) is 40.6 Å². The van der Waals surface area contributed by atoms with E-state index in [9.17, 15) is 0 Å². The Bertz CT molecular complexity index is 322. The highest BCUT2D eigenvalue weighted by Gasteiger charge is 1.93. The van der Waals surface area contributed by atoms with Crippen LogP contribution in [0.4, 0.5) is 0 Å². The van der Waals surface area contributed by atoms with Gasteiger partial charge in [-0.3, -0.25) is 0 Å². The molecule has 1 nitrogen and oxygen atoms in total. The molecule has 17 heavy (non-hydrogen) atoms. The number of thioether (sulfide) groups is 1. The summed E-state index contributed by atoms with van der Waals surface area (Å²) in [5, 5.41) is 2.18. The van der Waals surface area contributed by atoms with Gasteiger partial charge >= 0.3 is 0 Å². The number of hydrogen-bond donors (Lipinski definition) is 0. The summed E-state index contributed by atoms with van der Waals surface area (Å²) in [6.45, 7) is 2.21. The largest absolute Gasteiger partial charge is 0.497 e. The lowest BCUT2D eigenvalue weighted by molar-refractivity contribution is 0.414. The third kappa shape index (κ3) is 6.96. The summed E-state index contributed by atoms with van der Waals surface area (Å²) in [6, 6.07) is 8.18. The minimum absolute atomic E-state index is 0.913. The number of benzene rings is 1. The first kappa shape index (κ1) is 14.9. The molecule has 0 aliphatic rings. The molecule has 4 heteroatoms. The molecule has 0 aliphatic carbocycles. The third-order valence-corrected chi connectivity index (χ3v) is 5.13. The summed E-state index contributed by atoms with van der Waals surface area (Å²) in [4.78, 5) is 1.28. The molecule has 0 saturated heterocycles. The maximum Gasteiger partial charge on any atom is 0.118 e. The van der Waals surface area contributed by atoms with E-state index >= 15 is 0 Å². The monoisotopic (exact) mass is 286 g/mol. The normalized spacial score (nSPS) is 10.9. The van der Waals surface area contributed by atoms with E-state index in [1.54, 1.807) is 7.11 Å². The van der Waals surface area contributed by atoms with E-state index in [4.69, 9.17) is 4.74 Å². The molecule has 0 amide bonds. The van der Waals surface area contributed by atoms with Gasteiger partial charge < -0.3 is 4.74 Å². The summed E-state index contributed by atoms with van der Waals surface area (Å²) in [6.07, 6.45) is 3.45. The van der Waals surface area contributed by atoms with E-state index < -0.39 is 0 Å². The molecule has 0 atom stereocenters. The van der Waals surface area contributed by atoms with Gasteiger partial charge in [-0.2, -0.15) is 0 Å². The van der Waals surface area contributed by atoms with E-state index in [0.29, 0.717) is 0 Å². The van der Waals surface area contributed by atoms with E-state index in [1.165, 1.54) is 17.1 Å². The van der Waals surface area contributed by atoms with Crippen molar-refractivity contribution in [3.05, 3.63) is 35.7 Å². The van der Waals surface area contributed by atoms with E-state index in [1.807, 2.05) is 45.5 Å². The molecule has 0 fully saturated rings. The molecule has 0 spiro atoms. The van der Waals surface area contributed by atoms with Crippen molar-refractivity contribution in [1.29, 1.82) is 0 Å². The van der Waals surface area contributed by atoms with Crippen molar-refractivity contribution in [3.63, 3.8) is 0 Å². The van der Waals surface area contributed by atoms with Crippen molar-refractivity contribution in [1.82, 2.24) is 0 Å². The standard InChI is InChI=1S/C13H18OS3/c1-3-9-16-17-11-4-10-15-13-7-5-12(14-2)6-8-13/h4-8,11H,3,9-10H2,1-2H3/b11-4-. The number of rotatable bonds is 8. The molecule has 0 heterocycles. The molecule has 94 valence electrons. The van der Waals surface area contributed by atoms with Crippen LogP contribution in [0.3, 0.4) is 0 Å². The van der Waals surface area contributed by atoms with Crippen LogP contribution in [0.2, 0.25) is 0 Å². The molecule has 0 aromatic heterocycles. The van der Waals surface area contributed by atoms with Gasteiger partial charge in [0.05, 0.1) is 7.11 Å². The predicted molar refractivity (Wildman–Crippen MR) is 83.2 cm³/mol.